The fraction of sp³-hybridized carbons (Fsp3) is 0.333. The lowest BCUT2D eigenvalue weighted by molar-refractivity contribution is -0.121. The molecule has 1 heterocycles. The van der Waals surface area contributed by atoms with E-state index in [1.165, 1.54) is 0 Å². The van der Waals surface area contributed by atoms with Gasteiger partial charge in [0.2, 0.25) is 5.91 Å². The first-order chi connectivity index (χ1) is 13.0. The Morgan fingerprint density at radius 2 is 1.63 bits per heavy atom. The molecular weight excluding hydrogens is 362 g/mol. The third kappa shape index (κ3) is 5.01. The number of rotatable bonds is 4. The van der Waals surface area contributed by atoms with Crippen molar-refractivity contribution in [2.45, 2.75) is 19.8 Å². The van der Waals surface area contributed by atoms with Crippen molar-refractivity contribution < 1.29 is 9.59 Å². The lowest BCUT2D eigenvalue weighted by Gasteiger charge is -2.34. The zero-order chi connectivity index (χ0) is 19.2. The van der Waals surface area contributed by atoms with Crippen LogP contribution in [0.2, 0.25) is 5.02 Å². The van der Waals surface area contributed by atoms with E-state index in [4.69, 9.17) is 11.6 Å². The molecular formula is C21H24ClN3O2. The summed E-state index contributed by atoms with van der Waals surface area (Å²) in [6.45, 7) is 3.23. The second-order valence-electron chi connectivity index (χ2n) is 6.88. The fourth-order valence-corrected chi connectivity index (χ4v) is 3.53. The number of halogens is 1. The summed E-state index contributed by atoms with van der Waals surface area (Å²) in [5.74, 6) is 0.0733. The highest BCUT2D eigenvalue weighted by Crippen LogP contribution is 2.28. The van der Waals surface area contributed by atoms with Crippen LogP contribution in [-0.2, 0) is 4.79 Å². The predicted molar refractivity (Wildman–Crippen MR) is 109 cm³/mol. The van der Waals surface area contributed by atoms with E-state index in [-0.39, 0.29) is 23.8 Å². The van der Waals surface area contributed by atoms with Crippen LogP contribution in [0.15, 0.2) is 54.6 Å². The van der Waals surface area contributed by atoms with Crippen molar-refractivity contribution in [1.82, 2.24) is 4.90 Å². The van der Waals surface area contributed by atoms with Crippen LogP contribution in [0.4, 0.5) is 16.2 Å². The molecule has 1 unspecified atom stereocenters. The highest BCUT2D eigenvalue weighted by atomic mass is 35.5. The van der Waals surface area contributed by atoms with E-state index >= 15 is 0 Å². The van der Waals surface area contributed by atoms with Gasteiger partial charge in [-0.3, -0.25) is 4.79 Å². The maximum atomic E-state index is 12.6. The molecule has 27 heavy (non-hydrogen) atoms. The van der Waals surface area contributed by atoms with Gasteiger partial charge in [0.15, 0.2) is 0 Å². The number of nitrogens with one attached hydrogen (secondary N) is 2. The first-order valence-electron chi connectivity index (χ1n) is 9.21. The number of carbonyl (C=O) groups excluding carboxylic acids is 2. The van der Waals surface area contributed by atoms with Gasteiger partial charge in [-0.1, -0.05) is 48.9 Å². The van der Waals surface area contributed by atoms with Gasteiger partial charge in [0.25, 0.3) is 0 Å². The normalized spacial score (nSPS) is 15.9. The predicted octanol–water partition coefficient (Wildman–Crippen LogP) is 4.86. The average molecular weight is 386 g/mol. The van der Waals surface area contributed by atoms with Gasteiger partial charge >= 0.3 is 6.03 Å². The fourth-order valence-electron chi connectivity index (χ4n) is 3.35. The van der Waals surface area contributed by atoms with Crippen molar-refractivity contribution in [1.29, 1.82) is 0 Å². The van der Waals surface area contributed by atoms with Gasteiger partial charge < -0.3 is 15.5 Å². The topological polar surface area (TPSA) is 61.4 Å². The Balaban J connectivity index is 1.50. The number of carbonyl (C=O) groups is 2. The molecule has 0 radical (unpaired) electrons. The van der Waals surface area contributed by atoms with Gasteiger partial charge in [-0.25, -0.2) is 4.79 Å². The zero-order valence-corrected chi connectivity index (χ0v) is 16.1. The molecule has 2 aromatic carbocycles. The molecule has 5 nitrogen and oxygen atoms in total. The van der Waals surface area contributed by atoms with Gasteiger partial charge in [-0.15, -0.1) is 0 Å². The maximum Gasteiger partial charge on any atom is 0.321 e. The molecule has 2 aromatic rings. The average Bonchev–Trinajstić information content (AvgIpc) is 2.70. The molecule has 1 fully saturated rings. The van der Waals surface area contributed by atoms with Crippen molar-refractivity contribution in [3.8, 4) is 0 Å². The molecule has 142 valence electrons. The first kappa shape index (κ1) is 19.2. The molecule has 0 saturated carbocycles. The van der Waals surface area contributed by atoms with E-state index in [0.29, 0.717) is 23.8 Å². The lowest BCUT2D eigenvalue weighted by atomic mass is 9.85. The van der Waals surface area contributed by atoms with Crippen LogP contribution in [0.5, 0.6) is 0 Å². The van der Waals surface area contributed by atoms with Crippen LogP contribution in [0.3, 0.4) is 0 Å². The second kappa shape index (κ2) is 8.91. The van der Waals surface area contributed by atoms with Crippen LogP contribution in [-0.4, -0.2) is 29.9 Å². The summed E-state index contributed by atoms with van der Waals surface area (Å²) in [4.78, 5) is 26.7. The Morgan fingerprint density at radius 1 is 1.00 bits per heavy atom. The van der Waals surface area contributed by atoms with Crippen LogP contribution in [0, 0.1) is 11.8 Å². The molecule has 1 saturated heterocycles. The third-order valence-corrected chi connectivity index (χ3v) is 5.43. The number of likely N-dealkylation sites (tertiary alicyclic amines) is 1. The zero-order valence-electron chi connectivity index (χ0n) is 15.3. The number of urea groups is 1. The summed E-state index contributed by atoms with van der Waals surface area (Å²) < 4.78 is 0. The summed E-state index contributed by atoms with van der Waals surface area (Å²) in [7, 11) is 0. The van der Waals surface area contributed by atoms with Gasteiger partial charge in [0.1, 0.15) is 0 Å². The van der Waals surface area contributed by atoms with Gasteiger partial charge in [-0.05, 0) is 43.0 Å². The summed E-state index contributed by atoms with van der Waals surface area (Å²) in [6, 6.07) is 16.6. The Bertz CT molecular complexity index is 789. The number of benzene rings is 2. The van der Waals surface area contributed by atoms with Crippen LogP contribution in [0.25, 0.3) is 0 Å². The van der Waals surface area contributed by atoms with E-state index in [0.717, 1.165) is 18.5 Å². The molecule has 6 heteroatoms. The van der Waals surface area contributed by atoms with E-state index in [1.54, 1.807) is 12.1 Å². The van der Waals surface area contributed by atoms with Crippen molar-refractivity contribution in [3.05, 3.63) is 59.6 Å². The Morgan fingerprint density at radius 3 is 2.30 bits per heavy atom. The first-order valence-corrected chi connectivity index (χ1v) is 9.59. The number of hydrogen-bond acceptors (Lipinski definition) is 2. The van der Waals surface area contributed by atoms with Gasteiger partial charge in [0.05, 0.1) is 10.7 Å². The number of para-hydroxylation sites is 2. The summed E-state index contributed by atoms with van der Waals surface area (Å²) in [5, 5.41) is 6.35. The largest absolute Gasteiger partial charge is 0.325 e. The molecule has 3 rings (SSSR count). The number of hydrogen-bond donors (Lipinski definition) is 2. The smallest absolute Gasteiger partial charge is 0.321 e. The molecule has 0 aromatic heterocycles. The number of amides is 3. The summed E-state index contributed by atoms with van der Waals surface area (Å²) in [5.41, 5.74) is 1.42. The van der Waals surface area contributed by atoms with E-state index in [2.05, 4.69) is 10.6 Å². The number of piperidine rings is 1. The summed E-state index contributed by atoms with van der Waals surface area (Å²) in [6.07, 6.45) is 1.61. The van der Waals surface area contributed by atoms with Crippen LogP contribution >= 0.6 is 11.6 Å². The lowest BCUT2D eigenvalue weighted by Crippen LogP contribution is -2.43. The Labute approximate surface area is 164 Å². The molecule has 3 amide bonds. The molecule has 0 bridgehead atoms. The third-order valence-electron chi connectivity index (χ3n) is 5.10. The maximum absolute atomic E-state index is 12.6. The van der Waals surface area contributed by atoms with Crippen molar-refractivity contribution in [2.24, 2.45) is 11.8 Å². The van der Waals surface area contributed by atoms with Gasteiger partial charge in [0, 0.05) is 24.7 Å². The standard InChI is InChI=1S/C21H24ClN3O2/c1-15(20(26)24-19-10-6-5-9-18(19)22)16-11-13-25(14-12-16)21(27)23-17-7-3-2-4-8-17/h2-10,15-16H,11-14H2,1H3,(H,23,27)(H,24,26). The minimum Gasteiger partial charge on any atom is -0.325 e. The van der Waals surface area contributed by atoms with Crippen LogP contribution < -0.4 is 10.6 Å². The second-order valence-corrected chi connectivity index (χ2v) is 7.29. The highest BCUT2D eigenvalue weighted by Gasteiger charge is 2.30. The van der Waals surface area contributed by atoms with E-state index < -0.39 is 0 Å². The number of anilines is 2. The van der Waals surface area contributed by atoms with Crippen molar-refractivity contribution >= 4 is 34.9 Å². The SMILES string of the molecule is CC(C(=O)Nc1ccccc1Cl)C1CCN(C(=O)Nc2ccccc2)CC1. The minimum absolute atomic E-state index is 0.0321. The Hall–Kier alpha value is -2.53. The molecule has 1 atom stereocenters. The van der Waals surface area contributed by atoms with Crippen molar-refractivity contribution in [2.75, 3.05) is 23.7 Å². The molecule has 0 spiro atoms. The molecule has 0 aliphatic carbocycles. The van der Waals surface area contributed by atoms with Crippen molar-refractivity contribution in [3.63, 3.8) is 0 Å². The highest BCUT2D eigenvalue weighted by molar-refractivity contribution is 6.33. The number of nitrogens with zero attached hydrogens (tertiary/aromatic N) is 1. The Kier molecular flexibility index (Phi) is 6.35. The quantitative estimate of drug-likeness (QED) is 0.789. The van der Waals surface area contributed by atoms with Gasteiger partial charge in [-0.2, -0.15) is 0 Å². The van der Waals surface area contributed by atoms with E-state index in [9.17, 15) is 9.59 Å². The van der Waals surface area contributed by atoms with E-state index in [1.807, 2.05) is 54.3 Å². The minimum atomic E-state index is -0.138. The molecule has 1 aliphatic heterocycles. The molecule has 1 aliphatic rings. The monoisotopic (exact) mass is 385 g/mol. The molecule has 2 N–H and O–H groups in total. The summed E-state index contributed by atoms with van der Waals surface area (Å²) >= 11 is 6.11. The van der Waals surface area contributed by atoms with Crippen LogP contribution in [0.1, 0.15) is 19.8 Å².